The Morgan fingerprint density at radius 3 is 2.47 bits per heavy atom. The first-order chi connectivity index (χ1) is 8.76. The van der Waals surface area contributed by atoms with Gasteiger partial charge in [0, 0.05) is 60.4 Å². The van der Waals surface area contributed by atoms with Gasteiger partial charge in [0.05, 0.1) is 12.2 Å². The van der Waals surface area contributed by atoms with Crippen LogP contribution in [0.5, 0.6) is 0 Å². The summed E-state index contributed by atoms with van der Waals surface area (Å²) in [6.07, 6.45) is 1.82. The topological polar surface area (TPSA) is 64.1 Å². The van der Waals surface area contributed by atoms with E-state index in [2.05, 4.69) is 15.6 Å². The van der Waals surface area contributed by atoms with Crippen LogP contribution in [0.1, 0.15) is 12.8 Å². The lowest BCUT2D eigenvalue weighted by Crippen LogP contribution is -2.51. The molecule has 1 aliphatic heterocycles. The Balaban J connectivity index is 0.00000324. The summed E-state index contributed by atoms with van der Waals surface area (Å²) < 4.78 is 16.0. The molecular formula is C12H26IN3O3. The first-order valence-corrected chi connectivity index (χ1v) is 6.33. The van der Waals surface area contributed by atoms with Gasteiger partial charge in [-0.25, -0.2) is 0 Å². The van der Waals surface area contributed by atoms with E-state index in [0.717, 1.165) is 45.1 Å². The molecule has 1 aliphatic rings. The summed E-state index contributed by atoms with van der Waals surface area (Å²) >= 11 is 0. The van der Waals surface area contributed by atoms with Crippen molar-refractivity contribution in [2.75, 3.05) is 54.2 Å². The number of methoxy groups -OCH3 is 2. The average molecular weight is 387 g/mol. The van der Waals surface area contributed by atoms with Gasteiger partial charge in [-0.15, -0.1) is 24.0 Å². The van der Waals surface area contributed by atoms with Crippen LogP contribution in [0.15, 0.2) is 4.99 Å². The van der Waals surface area contributed by atoms with Crippen LogP contribution in [0.2, 0.25) is 0 Å². The van der Waals surface area contributed by atoms with Crippen LogP contribution in [0, 0.1) is 0 Å². The van der Waals surface area contributed by atoms with E-state index in [0.29, 0.717) is 6.61 Å². The average Bonchev–Trinajstić information content (AvgIpc) is 2.43. The Kier molecular flexibility index (Phi) is 10.6. The zero-order chi connectivity index (χ0) is 13.3. The first kappa shape index (κ1) is 18.9. The number of hydrogen-bond acceptors (Lipinski definition) is 4. The maximum atomic E-state index is 5.65. The van der Waals surface area contributed by atoms with Crippen molar-refractivity contribution in [3.05, 3.63) is 0 Å². The molecule has 0 spiro atoms. The van der Waals surface area contributed by atoms with Crippen LogP contribution in [0.4, 0.5) is 0 Å². The van der Waals surface area contributed by atoms with E-state index in [1.165, 1.54) is 0 Å². The highest BCUT2D eigenvalue weighted by atomic mass is 127. The number of ether oxygens (including phenoxy) is 3. The van der Waals surface area contributed by atoms with Gasteiger partial charge >= 0.3 is 0 Å². The zero-order valence-corrected chi connectivity index (χ0v) is 14.4. The second kappa shape index (κ2) is 10.6. The van der Waals surface area contributed by atoms with Crippen LogP contribution < -0.4 is 10.6 Å². The van der Waals surface area contributed by atoms with Crippen molar-refractivity contribution in [3.8, 4) is 0 Å². The molecule has 1 fully saturated rings. The lowest BCUT2D eigenvalue weighted by Gasteiger charge is -2.36. The molecule has 2 N–H and O–H groups in total. The third kappa shape index (κ3) is 6.73. The molecule has 0 atom stereocenters. The molecule has 6 nitrogen and oxygen atoms in total. The van der Waals surface area contributed by atoms with E-state index in [4.69, 9.17) is 14.2 Å². The molecular weight excluding hydrogens is 361 g/mol. The fraction of sp³-hybridized carbons (Fsp3) is 0.917. The molecule has 0 amide bonds. The summed E-state index contributed by atoms with van der Waals surface area (Å²) in [6.45, 7) is 3.64. The second-order valence-corrected chi connectivity index (χ2v) is 4.34. The van der Waals surface area contributed by atoms with Crippen LogP contribution in [-0.2, 0) is 14.2 Å². The maximum Gasteiger partial charge on any atom is 0.191 e. The Labute approximate surface area is 132 Å². The first-order valence-electron chi connectivity index (χ1n) is 6.33. The summed E-state index contributed by atoms with van der Waals surface area (Å²) in [6, 6.07) is 0. The van der Waals surface area contributed by atoms with Crippen molar-refractivity contribution >= 4 is 29.9 Å². The SMILES string of the molecule is CN=C(NCCOC)NCC1(OC)CCOCC1.I. The largest absolute Gasteiger partial charge is 0.383 e. The van der Waals surface area contributed by atoms with Gasteiger partial charge in [0.1, 0.15) is 0 Å². The van der Waals surface area contributed by atoms with Crippen molar-refractivity contribution in [1.29, 1.82) is 0 Å². The van der Waals surface area contributed by atoms with Gasteiger partial charge in [0.2, 0.25) is 0 Å². The predicted molar refractivity (Wildman–Crippen MR) is 86.4 cm³/mol. The van der Waals surface area contributed by atoms with Crippen LogP contribution in [0.3, 0.4) is 0 Å². The van der Waals surface area contributed by atoms with Gasteiger partial charge in [-0.2, -0.15) is 0 Å². The molecule has 0 radical (unpaired) electrons. The summed E-state index contributed by atoms with van der Waals surface area (Å²) in [4.78, 5) is 4.16. The highest BCUT2D eigenvalue weighted by Gasteiger charge is 2.32. The van der Waals surface area contributed by atoms with Crippen LogP contribution in [0.25, 0.3) is 0 Å². The smallest absolute Gasteiger partial charge is 0.191 e. The molecule has 0 saturated carbocycles. The van der Waals surface area contributed by atoms with Gasteiger partial charge in [-0.1, -0.05) is 0 Å². The molecule has 0 aromatic rings. The summed E-state index contributed by atoms with van der Waals surface area (Å²) in [7, 11) is 5.19. The monoisotopic (exact) mass is 387 g/mol. The summed E-state index contributed by atoms with van der Waals surface area (Å²) in [5, 5.41) is 6.47. The molecule has 19 heavy (non-hydrogen) atoms. The van der Waals surface area contributed by atoms with Crippen molar-refractivity contribution in [1.82, 2.24) is 10.6 Å². The van der Waals surface area contributed by atoms with Crippen molar-refractivity contribution in [2.24, 2.45) is 4.99 Å². The molecule has 1 saturated heterocycles. The molecule has 1 rings (SSSR count). The third-order valence-electron chi connectivity index (χ3n) is 3.24. The number of rotatable bonds is 6. The van der Waals surface area contributed by atoms with Crippen LogP contribution >= 0.6 is 24.0 Å². The Bertz CT molecular complexity index is 259. The van der Waals surface area contributed by atoms with Gasteiger partial charge in [-0.05, 0) is 0 Å². The minimum Gasteiger partial charge on any atom is -0.383 e. The minimum atomic E-state index is -0.142. The number of hydrogen-bond donors (Lipinski definition) is 2. The fourth-order valence-corrected chi connectivity index (χ4v) is 1.93. The van der Waals surface area contributed by atoms with Gasteiger partial charge in [0.25, 0.3) is 0 Å². The standard InChI is InChI=1S/C12H25N3O3.HI/c1-13-11(14-6-9-16-2)15-10-12(17-3)4-7-18-8-5-12;/h4-10H2,1-3H3,(H2,13,14,15);1H. The summed E-state index contributed by atoms with van der Waals surface area (Å²) in [5.41, 5.74) is -0.142. The predicted octanol–water partition coefficient (Wildman–Crippen LogP) is 0.611. The number of nitrogens with one attached hydrogen (secondary N) is 2. The lowest BCUT2D eigenvalue weighted by atomic mass is 9.94. The van der Waals surface area contributed by atoms with E-state index in [-0.39, 0.29) is 29.6 Å². The van der Waals surface area contributed by atoms with E-state index in [1.54, 1.807) is 21.3 Å². The second-order valence-electron chi connectivity index (χ2n) is 4.34. The maximum absolute atomic E-state index is 5.65. The van der Waals surface area contributed by atoms with Gasteiger partial charge in [-0.3, -0.25) is 4.99 Å². The molecule has 7 heteroatoms. The highest BCUT2D eigenvalue weighted by Crippen LogP contribution is 2.23. The number of aliphatic imine (C=N–C) groups is 1. The van der Waals surface area contributed by atoms with E-state index in [1.807, 2.05) is 0 Å². The fourth-order valence-electron chi connectivity index (χ4n) is 1.93. The van der Waals surface area contributed by atoms with Crippen molar-refractivity contribution < 1.29 is 14.2 Å². The molecule has 0 aliphatic carbocycles. The van der Waals surface area contributed by atoms with Crippen molar-refractivity contribution in [3.63, 3.8) is 0 Å². The zero-order valence-electron chi connectivity index (χ0n) is 12.0. The quantitative estimate of drug-likeness (QED) is 0.303. The molecule has 0 unspecified atom stereocenters. The Hall–Kier alpha value is -0.120. The number of halogens is 1. The Morgan fingerprint density at radius 2 is 1.95 bits per heavy atom. The van der Waals surface area contributed by atoms with E-state index in [9.17, 15) is 0 Å². The highest BCUT2D eigenvalue weighted by molar-refractivity contribution is 14.0. The minimum absolute atomic E-state index is 0. The molecule has 0 aromatic heterocycles. The lowest BCUT2D eigenvalue weighted by molar-refractivity contribution is -0.0855. The molecule has 1 heterocycles. The Morgan fingerprint density at radius 1 is 1.26 bits per heavy atom. The molecule has 0 aromatic carbocycles. The molecule has 114 valence electrons. The van der Waals surface area contributed by atoms with Crippen LogP contribution in [-0.4, -0.2) is 65.7 Å². The summed E-state index contributed by atoms with van der Waals surface area (Å²) in [5.74, 6) is 0.773. The van der Waals surface area contributed by atoms with E-state index < -0.39 is 0 Å². The van der Waals surface area contributed by atoms with E-state index >= 15 is 0 Å². The molecule has 0 bridgehead atoms. The third-order valence-corrected chi connectivity index (χ3v) is 3.24. The van der Waals surface area contributed by atoms with Gasteiger partial charge < -0.3 is 24.8 Å². The van der Waals surface area contributed by atoms with Gasteiger partial charge in [0.15, 0.2) is 5.96 Å². The normalized spacial score (nSPS) is 18.6. The number of nitrogens with zero attached hydrogens (tertiary/aromatic N) is 1. The number of guanidine groups is 1. The van der Waals surface area contributed by atoms with Crippen molar-refractivity contribution in [2.45, 2.75) is 18.4 Å².